The molecule has 122 valence electrons. The van der Waals surface area contributed by atoms with Gasteiger partial charge in [0.25, 0.3) is 0 Å². The van der Waals surface area contributed by atoms with Crippen LogP contribution in [0.3, 0.4) is 0 Å². The SMILES string of the molecule is CC(c1ccc(C2=CCN(C(=O)O)CC2)cc1)N1CCCC1=O. The summed E-state index contributed by atoms with van der Waals surface area (Å²) in [7, 11) is 0. The minimum Gasteiger partial charge on any atom is -0.465 e. The largest absolute Gasteiger partial charge is 0.465 e. The van der Waals surface area contributed by atoms with E-state index in [1.165, 1.54) is 10.5 Å². The van der Waals surface area contributed by atoms with Gasteiger partial charge in [0.1, 0.15) is 0 Å². The smallest absolute Gasteiger partial charge is 0.407 e. The molecule has 2 aliphatic heterocycles. The quantitative estimate of drug-likeness (QED) is 0.932. The molecule has 0 aliphatic carbocycles. The molecule has 2 aliphatic rings. The summed E-state index contributed by atoms with van der Waals surface area (Å²) in [4.78, 5) is 26.1. The summed E-state index contributed by atoms with van der Waals surface area (Å²) in [6, 6.07) is 8.43. The maximum Gasteiger partial charge on any atom is 0.407 e. The monoisotopic (exact) mass is 314 g/mol. The van der Waals surface area contributed by atoms with Crippen molar-refractivity contribution in [3.8, 4) is 0 Å². The van der Waals surface area contributed by atoms with Gasteiger partial charge in [-0.25, -0.2) is 4.79 Å². The van der Waals surface area contributed by atoms with Crippen LogP contribution < -0.4 is 0 Å². The van der Waals surface area contributed by atoms with Crippen molar-refractivity contribution in [2.24, 2.45) is 0 Å². The van der Waals surface area contributed by atoms with E-state index in [-0.39, 0.29) is 11.9 Å². The molecule has 1 fully saturated rings. The van der Waals surface area contributed by atoms with Gasteiger partial charge >= 0.3 is 6.09 Å². The lowest BCUT2D eigenvalue weighted by molar-refractivity contribution is -0.129. The van der Waals surface area contributed by atoms with Crippen LogP contribution in [0.2, 0.25) is 0 Å². The van der Waals surface area contributed by atoms with Crippen LogP contribution in [0.4, 0.5) is 4.79 Å². The zero-order chi connectivity index (χ0) is 16.4. The third-order valence-corrected chi connectivity index (χ3v) is 4.82. The summed E-state index contributed by atoms with van der Waals surface area (Å²) in [6.07, 6.45) is 3.48. The molecule has 0 saturated carbocycles. The molecule has 0 spiro atoms. The summed E-state index contributed by atoms with van der Waals surface area (Å²) < 4.78 is 0. The lowest BCUT2D eigenvalue weighted by Crippen LogP contribution is -2.33. The molecule has 2 amide bonds. The normalized spacial score (nSPS) is 19.7. The lowest BCUT2D eigenvalue weighted by atomic mass is 9.97. The summed E-state index contributed by atoms with van der Waals surface area (Å²) in [5, 5.41) is 8.98. The molecule has 1 aromatic rings. The second-order valence-electron chi connectivity index (χ2n) is 6.20. The van der Waals surface area contributed by atoms with Gasteiger partial charge in [0, 0.05) is 26.1 Å². The molecule has 1 atom stereocenters. The molecule has 0 bridgehead atoms. The van der Waals surface area contributed by atoms with Crippen LogP contribution in [-0.4, -0.2) is 46.5 Å². The Morgan fingerprint density at radius 1 is 1.17 bits per heavy atom. The van der Waals surface area contributed by atoms with Gasteiger partial charge in [-0.1, -0.05) is 30.3 Å². The van der Waals surface area contributed by atoms with Crippen molar-refractivity contribution in [1.82, 2.24) is 9.80 Å². The van der Waals surface area contributed by atoms with Crippen LogP contribution in [0.25, 0.3) is 5.57 Å². The Morgan fingerprint density at radius 3 is 2.43 bits per heavy atom. The zero-order valence-electron chi connectivity index (χ0n) is 13.4. The van der Waals surface area contributed by atoms with Gasteiger partial charge in [-0.15, -0.1) is 0 Å². The zero-order valence-corrected chi connectivity index (χ0v) is 13.4. The highest BCUT2D eigenvalue weighted by Crippen LogP contribution is 2.28. The van der Waals surface area contributed by atoms with Gasteiger partial charge in [0.15, 0.2) is 0 Å². The van der Waals surface area contributed by atoms with Crippen LogP contribution >= 0.6 is 0 Å². The third kappa shape index (κ3) is 3.23. The summed E-state index contributed by atoms with van der Waals surface area (Å²) in [6.45, 7) is 3.91. The first-order valence-electron chi connectivity index (χ1n) is 8.13. The van der Waals surface area contributed by atoms with Gasteiger partial charge < -0.3 is 14.9 Å². The molecule has 23 heavy (non-hydrogen) atoms. The first-order chi connectivity index (χ1) is 11.1. The maximum atomic E-state index is 11.9. The molecule has 5 heteroatoms. The van der Waals surface area contributed by atoms with Crippen molar-refractivity contribution in [2.45, 2.75) is 32.2 Å². The van der Waals surface area contributed by atoms with Crippen LogP contribution in [0.15, 0.2) is 30.3 Å². The molecular weight excluding hydrogens is 292 g/mol. The average molecular weight is 314 g/mol. The number of amides is 2. The first-order valence-corrected chi connectivity index (χ1v) is 8.13. The first kappa shape index (κ1) is 15.6. The predicted octanol–water partition coefficient (Wildman–Crippen LogP) is 3.14. The molecule has 1 N–H and O–H groups in total. The molecule has 5 nitrogen and oxygen atoms in total. The van der Waals surface area contributed by atoms with E-state index >= 15 is 0 Å². The predicted molar refractivity (Wildman–Crippen MR) is 88.0 cm³/mol. The van der Waals surface area contributed by atoms with Gasteiger partial charge in [0.2, 0.25) is 5.91 Å². The van der Waals surface area contributed by atoms with Gasteiger partial charge in [-0.2, -0.15) is 0 Å². The van der Waals surface area contributed by atoms with Gasteiger partial charge in [-0.3, -0.25) is 4.79 Å². The van der Waals surface area contributed by atoms with Crippen molar-refractivity contribution in [3.63, 3.8) is 0 Å². The van der Waals surface area contributed by atoms with Gasteiger partial charge in [-0.05, 0) is 36.5 Å². The van der Waals surface area contributed by atoms with E-state index in [4.69, 9.17) is 5.11 Å². The maximum absolute atomic E-state index is 11.9. The van der Waals surface area contributed by atoms with Crippen LogP contribution in [-0.2, 0) is 4.79 Å². The van der Waals surface area contributed by atoms with Crippen LogP contribution in [0.5, 0.6) is 0 Å². The minimum atomic E-state index is -0.861. The van der Waals surface area contributed by atoms with Gasteiger partial charge in [0.05, 0.1) is 6.04 Å². The number of carbonyl (C=O) groups excluding carboxylic acids is 1. The minimum absolute atomic E-state index is 0.113. The highest BCUT2D eigenvalue weighted by molar-refractivity contribution is 5.78. The number of benzene rings is 1. The highest BCUT2D eigenvalue weighted by atomic mass is 16.4. The van der Waals surface area contributed by atoms with Crippen molar-refractivity contribution >= 4 is 17.6 Å². The van der Waals surface area contributed by atoms with Crippen molar-refractivity contribution in [1.29, 1.82) is 0 Å². The van der Waals surface area contributed by atoms with E-state index < -0.39 is 6.09 Å². The molecular formula is C18H22N2O3. The Morgan fingerprint density at radius 2 is 1.91 bits per heavy atom. The Labute approximate surface area is 136 Å². The van der Waals surface area contributed by atoms with E-state index in [0.717, 1.165) is 30.5 Å². The van der Waals surface area contributed by atoms with E-state index in [1.54, 1.807) is 0 Å². The second-order valence-corrected chi connectivity index (χ2v) is 6.20. The fourth-order valence-electron chi connectivity index (χ4n) is 3.34. The molecule has 2 heterocycles. The molecule has 0 radical (unpaired) electrons. The van der Waals surface area contributed by atoms with E-state index in [9.17, 15) is 9.59 Å². The summed E-state index contributed by atoms with van der Waals surface area (Å²) >= 11 is 0. The van der Waals surface area contributed by atoms with Crippen molar-refractivity contribution in [3.05, 3.63) is 41.5 Å². The standard InChI is InChI=1S/C18H22N2O3/c1-13(20-10-2-3-17(20)21)14-4-6-15(7-5-14)16-8-11-19(12-9-16)18(22)23/h4-8,13H,2-3,9-12H2,1H3,(H,22,23). The Bertz CT molecular complexity index is 636. The molecule has 1 saturated heterocycles. The van der Waals surface area contributed by atoms with E-state index in [0.29, 0.717) is 19.5 Å². The number of hydrogen-bond acceptors (Lipinski definition) is 2. The van der Waals surface area contributed by atoms with Crippen molar-refractivity contribution in [2.75, 3.05) is 19.6 Å². The number of nitrogens with zero attached hydrogens (tertiary/aromatic N) is 2. The Kier molecular flexibility index (Phi) is 4.37. The molecule has 1 aromatic carbocycles. The number of rotatable bonds is 3. The molecule has 3 rings (SSSR count). The average Bonchev–Trinajstić information content (AvgIpc) is 3.00. The molecule has 1 unspecified atom stereocenters. The third-order valence-electron chi connectivity index (χ3n) is 4.82. The summed E-state index contributed by atoms with van der Waals surface area (Å²) in [5.74, 6) is 0.241. The number of carbonyl (C=O) groups is 2. The lowest BCUT2D eigenvalue weighted by Gasteiger charge is -2.26. The summed E-state index contributed by atoms with van der Waals surface area (Å²) in [5.41, 5.74) is 3.48. The topological polar surface area (TPSA) is 60.9 Å². The van der Waals surface area contributed by atoms with Crippen LogP contribution in [0, 0.1) is 0 Å². The number of carboxylic acid groups (broad SMARTS) is 1. The number of likely N-dealkylation sites (tertiary alicyclic amines) is 1. The fourth-order valence-corrected chi connectivity index (χ4v) is 3.34. The van der Waals surface area contributed by atoms with E-state index in [2.05, 4.69) is 31.2 Å². The number of hydrogen-bond donors (Lipinski definition) is 1. The highest BCUT2D eigenvalue weighted by Gasteiger charge is 2.26. The van der Waals surface area contributed by atoms with E-state index in [1.807, 2.05) is 11.0 Å². The van der Waals surface area contributed by atoms with Crippen molar-refractivity contribution < 1.29 is 14.7 Å². The molecule has 0 aromatic heterocycles. The van der Waals surface area contributed by atoms with Crippen LogP contribution in [0.1, 0.15) is 43.4 Å². The fraction of sp³-hybridized carbons (Fsp3) is 0.444. The Hall–Kier alpha value is -2.30. The second kappa shape index (κ2) is 6.44. The Balaban J connectivity index is 1.70.